The van der Waals surface area contributed by atoms with Crippen LogP contribution >= 0.6 is 0 Å². The van der Waals surface area contributed by atoms with Gasteiger partial charge in [-0.3, -0.25) is 4.79 Å². The third kappa shape index (κ3) is 2.76. The van der Waals surface area contributed by atoms with Crippen molar-refractivity contribution >= 4 is 16.9 Å². The molecule has 1 aromatic carbocycles. The summed E-state index contributed by atoms with van der Waals surface area (Å²) in [7, 11) is 0. The highest BCUT2D eigenvalue weighted by Crippen LogP contribution is 2.18. The molecule has 1 N–H and O–H groups in total. The molecule has 1 atom stereocenters. The number of nitrogens with one attached hydrogen (secondary N) is 1. The van der Waals surface area contributed by atoms with Crippen LogP contribution in [0.25, 0.3) is 11.0 Å². The number of para-hydroxylation sites is 1. The first kappa shape index (κ1) is 12.2. The van der Waals surface area contributed by atoms with E-state index in [0.29, 0.717) is 17.8 Å². The minimum absolute atomic E-state index is 0.0467. The van der Waals surface area contributed by atoms with Gasteiger partial charge in [0.25, 0.3) is 0 Å². The monoisotopic (exact) mass is 260 g/mol. The molecule has 3 rings (SSSR count). The molecule has 5 nitrogen and oxygen atoms in total. The first-order valence-electron chi connectivity index (χ1n) is 6.54. The highest BCUT2D eigenvalue weighted by Gasteiger charge is 2.17. The van der Waals surface area contributed by atoms with Crippen LogP contribution in [0.4, 0.5) is 0 Å². The summed E-state index contributed by atoms with van der Waals surface area (Å²) < 4.78 is 10.6. The second-order valence-corrected chi connectivity index (χ2v) is 4.74. The first-order chi connectivity index (χ1) is 9.33. The van der Waals surface area contributed by atoms with Gasteiger partial charge in [-0.05, 0) is 25.0 Å². The molecule has 1 aromatic heterocycles. The van der Waals surface area contributed by atoms with E-state index < -0.39 is 0 Å². The van der Waals surface area contributed by atoms with Gasteiger partial charge in [0.05, 0.1) is 12.5 Å². The molecule has 100 valence electrons. The molecule has 0 saturated carbocycles. The molecular weight excluding hydrogens is 244 g/mol. The van der Waals surface area contributed by atoms with E-state index in [2.05, 4.69) is 10.5 Å². The minimum Gasteiger partial charge on any atom is -0.376 e. The van der Waals surface area contributed by atoms with Crippen LogP contribution < -0.4 is 5.32 Å². The van der Waals surface area contributed by atoms with Crippen molar-refractivity contribution in [3.63, 3.8) is 0 Å². The van der Waals surface area contributed by atoms with Gasteiger partial charge in [0.2, 0.25) is 5.91 Å². The van der Waals surface area contributed by atoms with Crippen molar-refractivity contribution in [1.29, 1.82) is 0 Å². The summed E-state index contributed by atoms with van der Waals surface area (Å²) in [6.07, 6.45) is 2.50. The number of ether oxygens (including phenoxy) is 1. The Morgan fingerprint density at radius 1 is 1.42 bits per heavy atom. The van der Waals surface area contributed by atoms with Crippen LogP contribution in [0, 0.1) is 0 Å². The zero-order valence-corrected chi connectivity index (χ0v) is 10.6. The smallest absolute Gasteiger partial charge is 0.226 e. The Kier molecular flexibility index (Phi) is 3.46. The highest BCUT2D eigenvalue weighted by atomic mass is 16.5. The molecule has 0 aliphatic carbocycles. The second-order valence-electron chi connectivity index (χ2n) is 4.74. The molecule has 19 heavy (non-hydrogen) atoms. The Balaban J connectivity index is 1.59. The number of carbonyl (C=O) groups is 1. The molecule has 0 spiro atoms. The maximum atomic E-state index is 11.9. The number of hydrogen-bond acceptors (Lipinski definition) is 4. The van der Waals surface area contributed by atoms with E-state index in [0.717, 1.165) is 24.8 Å². The van der Waals surface area contributed by atoms with Crippen molar-refractivity contribution in [2.45, 2.75) is 25.4 Å². The van der Waals surface area contributed by atoms with E-state index in [-0.39, 0.29) is 18.4 Å². The summed E-state index contributed by atoms with van der Waals surface area (Å²) in [5.74, 6) is -0.0467. The lowest BCUT2D eigenvalue weighted by atomic mass is 10.1. The lowest BCUT2D eigenvalue weighted by Crippen LogP contribution is -2.32. The molecular formula is C14H16N2O3. The van der Waals surface area contributed by atoms with Gasteiger partial charge < -0.3 is 14.6 Å². The third-order valence-electron chi connectivity index (χ3n) is 3.33. The Labute approximate surface area is 110 Å². The zero-order valence-electron chi connectivity index (χ0n) is 10.6. The average Bonchev–Trinajstić information content (AvgIpc) is 3.07. The van der Waals surface area contributed by atoms with Crippen molar-refractivity contribution in [2.24, 2.45) is 0 Å². The predicted octanol–water partition coefficient (Wildman–Crippen LogP) is 1.67. The molecule has 0 radical (unpaired) electrons. The van der Waals surface area contributed by atoms with Crippen LogP contribution in [-0.4, -0.2) is 30.3 Å². The molecule has 0 bridgehead atoms. The Morgan fingerprint density at radius 2 is 2.32 bits per heavy atom. The lowest BCUT2D eigenvalue weighted by Gasteiger charge is -2.09. The van der Waals surface area contributed by atoms with Gasteiger partial charge in [-0.2, -0.15) is 0 Å². The maximum Gasteiger partial charge on any atom is 0.226 e. The molecule has 1 fully saturated rings. The van der Waals surface area contributed by atoms with Crippen LogP contribution in [0.5, 0.6) is 0 Å². The third-order valence-corrected chi connectivity index (χ3v) is 3.33. The predicted molar refractivity (Wildman–Crippen MR) is 69.7 cm³/mol. The maximum absolute atomic E-state index is 11.9. The van der Waals surface area contributed by atoms with Crippen molar-refractivity contribution in [1.82, 2.24) is 10.5 Å². The molecule has 2 aromatic rings. The molecule has 2 heterocycles. The van der Waals surface area contributed by atoms with Crippen molar-refractivity contribution in [2.75, 3.05) is 13.2 Å². The zero-order chi connectivity index (χ0) is 13.1. The van der Waals surface area contributed by atoms with Crippen LogP contribution in [-0.2, 0) is 16.0 Å². The van der Waals surface area contributed by atoms with Crippen molar-refractivity contribution < 1.29 is 14.1 Å². The largest absolute Gasteiger partial charge is 0.376 e. The number of hydrogen-bond donors (Lipinski definition) is 1. The van der Waals surface area contributed by atoms with Crippen LogP contribution in [0.2, 0.25) is 0 Å². The number of nitrogens with zero attached hydrogens (tertiary/aromatic N) is 1. The Morgan fingerprint density at radius 3 is 3.16 bits per heavy atom. The topological polar surface area (TPSA) is 64.4 Å². The summed E-state index contributed by atoms with van der Waals surface area (Å²) in [5.41, 5.74) is 1.39. The second kappa shape index (κ2) is 5.40. The van der Waals surface area contributed by atoms with Crippen molar-refractivity contribution in [3.05, 3.63) is 30.0 Å². The number of aromatic nitrogens is 1. The molecule has 1 saturated heterocycles. The normalized spacial score (nSPS) is 18.8. The average molecular weight is 260 g/mol. The molecule has 1 aliphatic heterocycles. The summed E-state index contributed by atoms with van der Waals surface area (Å²) in [4.78, 5) is 11.9. The lowest BCUT2D eigenvalue weighted by molar-refractivity contribution is -0.121. The van der Waals surface area contributed by atoms with E-state index in [1.54, 1.807) is 0 Å². The van der Waals surface area contributed by atoms with Gasteiger partial charge in [-0.1, -0.05) is 17.3 Å². The van der Waals surface area contributed by atoms with E-state index in [9.17, 15) is 4.79 Å². The number of carbonyl (C=O) groups excluding carboxylic acids is 1. The molecule has 1 aliphatic rings. The minimum atomic E-state index is -0.0467. The quantitative estimate of drug-likeness (QED) is 0.908. The summed E-state index contributed by atoms with van der Waals surface area (Å²) in [6, 6.07) is 7.55. The number of rotatable bonds is 4. The summed E-state index contributed by atoms with van der Waals surface area (Å²) in [6.45, 7) is 1.38. The van der Waals surface area contributed by atoms with Gasteiger partial charge >= 0.3 is 0 Å². The number of fused-ring (bicyclic) bond motifs is 1. The van der Waals surface area contributed by atoms with E-state index in [1.165, 1.54) is 0 Å². The molecule has 1 amide bonds. The van der Waals surface area contributed by atoms with Gasteiger partial charge in [0.15, 0.2) is 5.58 Å². The van der Waals surface area contributed by atoms with Gasteiger partial charge in [-0.25, -0.2) is 0 Å². The number of benzene rings is 1. The van der Waals surface area contributed by atoms with E-state index >= 15 is 0 Å². The van der Waals surface area contributed by atoms with Gasteiger partial charge in [-0.15, -0.1) is 0 Å². The fourth-order valence-corrected chi connectivity index (χ4v) is 2.31. The van der Waals surface area contributed by atoms with Crippen LogP contribution in [0.15, 0.2) is 28.8 Å². The SMILES string of the molecule is O=C(Cc1noc2ccccc12)NCC1CCCO1. The Hall–Kier alpha value is -1.88. The standard InChI is InChI=1S/C14H16N2O3/c17-14(15-9-10-4-3-7-18-10)8-12-11-5-1-2-6-13(11)19-16-12/h1-2,5-6,10H,3-4,7-9H2,(H,15,17). The fourth-order valence-electron chi connectivity index (χ4n) is 2.31. The van der Waals surface area contributed by atoms with E-state index in [1.807, 2.05) is 24.3 Å². The van der Waals surface area contributed by atoms with Crippen LogP contribution in [0.3, 0.4) is 0 Å². The van der Waals surface area contributed by atoms with Gasteiger partial charge in [0.1, 0.15) is 5.69 Å². The fraction of sp³-hybridized carbons (Fsp3) is 0.429. The summed E-state index contributed by atoms with van der Waals surface area (Å²) >= 11 is 0. The Bertz CT molecular complexity index is 573. The molecule has 1 unspecified atom stereocenters. The van der Waals surface area contributed by atoms with Crippen molar-refractivity contribution in [3.8, 4) is 0 Å². The molecule has 5 heteroatoms. The van der Waals surface area contributed by atoms with Gasteiger partial charge in [0, 0.05) is 18.5 Å². The number of amides is 1. The van der Waals surface area contributed by atoms with E-state index in [4.69, 9.17) is 9.26 Å². The summed E-state index contributed by atoms with van der Waals surface area (Å²) in [5, 5.41) is 7.73. The highest BCUT2D eigenvalue weighted by molar-refractivity contribution is 5.86. The first-order valence-corrected chi connectivity index (χ1v) is 6.54. The van der Waals surface area contributed by atoms with Crippen LogP contribution in [0.1, 0.15) is 18.5 Å².